The molecule has 0 bridgehead atoms. The lowest BCUT2D eigenvalue weighted by atomic mass is 9.99. The molecule has 0 fully saturated rings. The summed E-state index contributed by atoms with van der Waals surface area (Å²) in [5.41, 5.74) is 13.2. The van der Waals surface area contributed by atoms with Crippen LogP contribution in [-0.4, -0.2) is 23.9 Å². The van der Waals surface area contributed by atoms with Gasteiger partial charge < -0.3 is 5.73 Å². The molecule has 0 radical (unpaired) electrons. The van der Waals surface area contributed by atoms with Gasteiger partial charge in [-0.2, -0.15) is 9.78 Å². The summed E-state index contributed by atoms with van der Waals surface area (Å²) >= 11 is 0. The van der Waals surface area contributed by atoms with E-state index in [0.29, 0.717) is 24.7 Å². The Hall–Kier alpha value is -4.13. The summed E-state index contributed by atoms with van der Waals surface area (Å²) in [7, 11) is 0. The van der Waals surface area contributed by atoms with Crippen LogP contribution in [0.25, 0.3) is 39.2 Å². The van der Waals surface area contributed by atoms with Crippen LogP contribution in [0.3, 0.4) is 0 Å². The summed E-state index contributed by atoms with van der Waals surface area (Å²) in [5.74, 6) is 1.16. The van der Waals surface area contributed by atoms with Crippen LogP contribution in [0.2, 0.25) is 0 Å². The summed E-state index contributed by atoms with van der Waals surface area (Å²) in [5, 5.41) is 4.88. The zero-order valence-corrected chi connectivity index (χ0v) is 19.0. The van der Waals surface area contributed by atoms with E-state index in [1.807, 2.05) is 62.4 Å². The van der Waals surface area contributed by atoms with Gasteiger partial charge in [0.2, 0.25) is 0 Å². The Bertz CT molecular complexity index is 1520. The lowest BCUT2D eigenvalue weighted by molar-refractivity contribution is 0.671. The highest BCUT2D eigenvalue weighted by Crippen LogP contribution is 2.38. The predicted molar refractivity (Wildman–Crippen MR) is 132 cm³/mol. The number of nitrogens with zero attached hydrogens (tertiary/aromatic N) is 5. The van der Waals surface area contributed by atoms with E-state index in [9.17, 15) is 4.79 Å². The number of rotatable bonds is 5. The molecule has 0 saturated heterocycles. The van der Waals surface area contributed by atoms with Crippen molar-refractivity contribution >= 4 is 16.9 Å². The molecule has 7 nitrogen and oxygen atoms in total. The molecule has 0 amide bonds. The van der Waals surface area contributed by atoms with E-state index in [4.69, 9.17) is 10.8 Å². The average Bonchev–Trinajstić information content (AvgIpc) is 3.32. The standard InChI is InChI=1S/C26H26N6O/c1-4-30-20-13-12-18(16-21(20)31(5-2)26(30)33)23-24(19-10-8-9-17(3)15-19)29-32(25(23)27)22-11-6-7-14-28-22/h6-16H,4-5,27H2,1-3H3. The van der Waals surface area contributed by atoms with E-state index in [1.165, 1.54) is 0 Å². The fourth-order valence-electron chi connectivity index (χ4n) is 4.45. The van der Waals surface area contributed by atoms with Gasteiger partial charge >= 0.3 is 5.69 Å². The van der Waals surface area contributed by atoms with Crippen molar-refractivity contribution in [2.24, 2.45) is 0 Å². The highest BCUT2D eigenvalue weighted by Gasteiger charge is 2.22. The quantitative estimate of drug-likeness (QED) is 0.433. The van der Waals surface area contributed by atoms with Crippen molar-refractivity contribution in [1.29, 1.82) is 0 Å². The maximum Gasteiger partial charge on any atom is 0.329 e. The number of nitrogen functional groups attached to an aromatic ring is 1. The molecule has 5 rings (SSSR count). The SMILES string of the molecule is CCn1c(=O)n(CC)c2cc(-c3c(-c4cccc(C)c4)nn(-c4ccccn4)c3N)ccc21. The van der Waals surface area contributed by atoms with Crippen LogP contribution in [0.15, 0.2) is 71.7 Å². The third-order valence-electron chi connectivity index (χ3n) is 6.02. The normalized spacial score (nSPS) is 11.4. The third kappa shape index (κ3) is 3.33. The summed E-state index contributed by atoms with van der Waals surface area (Å²) in [6, 6.07) is 19.9. The van der Waals surface area contributed by atoms with Crippen LogP contribution in [0.5, 0.6) is 0 Å². The zero-order chi connectivity index (χ0) is 23.1. The molecule has 166 valence electrons. The van der Waals surface area contributed by atoms with Crippen LogP contribution in [0.1, 0.15) is 19.4 Å². The first-order chi connectivity index (χ1) is 16.0. The molecule has 0 aliphatic rings. The van der Waals surface area contributed by atoms with Crippen molar-refractivity contribution in [3.05, 3.63) is 82.9 Å². The summed E-state index contributed by atoms with van der Waals surface area (Å²) in [6.07, 6.45) is 1.72. The number of imidazole rings is 1. The number of hydrogen-bond donors (Lipinski definition) is 1. The Morgan fingerprint density at radius 3 is 2.36 bits per heavy atom. The van der Waals surface area contributed by atoms with Crippen LogP contribution < -0.4 is 11.4 Å². The molecule has 7 heteroatoms. The molecule has 0 aliphatic heterocycles. The van der Waals surface area contributed by atoms with Gasteiger partial charge in [0.15, 0.2) is 5.82 Å². The second kappa shape index (κ2) is 8.09. The second-order valence-corrected chi connectivity index (χ2v) is 8.05. The van der Waals surface area contributed by atoms with E-state index in [1.54, 1.807) is 20.0 Å². The Balaban J connectivity index is 1.81. The minimum Gasteiger partial charge on any atom is -0.383 e. The molecule has 0 aliphatic carbocycles. The Morgan fingerprint density at radius 1 is 0.879 bits per heavy atom. The smallest absolute Gasteiger partial charge is 0.329 e. The van der Waals surface area contributed by atoms with Gasteiger partial charge in [-0.05, 0) is 56.7 Å². The lowest BCUT2D eigenvalue weighted by Crippen LogP contribution is -2.22. The molecular weight excluding hydrogens is 412 g/mol. The van der Waals surface area contributed by atoms with Gasteiger partial charge in [-0.1, -0.05) is 35.9 Å². The number of fused-ring (bicyclic) bond motifs is 1. The number of nitrogens with two attached hydrogens (primary N) is 1. The number of anilines is 1. The van der Waals surface area contributed by atoms with Gasteiger partial charge in [0.05, 0.1) is 16.6 Å². The van der Waals surface area contributed by atoms with Crippen molar-refractivity contribution < 1.29 is 0 Å². The molecule has 33 heavy (non-hydrogen) atoms. The van der Waals surface area contributed by atoms with Crippen molar-refractivity contribution in [2.45, 2.75) is 33.9 Å². The predicted octanol–water partition coefficient (Wildman–Crippen LogP) is 4.65. The summed E-state index contributed by atoms with van der Waals surface area (Å²) in [4.78, 5) is 17.3. The molecule has 5 aromatic rings. The van der Waals surface area contributed by atoms with Crippen molar-refractivity contribution in [1.82, 2.24) is 23.9 Å². The molecule has 0 spiro atoms. The second-order valence-electron chi connectivity index (χ2n) is 8.05. The minimum absolute atomic E-state index is 0.00297. The molecular formula is C26H26N6O. The molecule has 2 aromatic carbocycles. The van der Waals surface area contributed by atoms with Crippen molar-refractivity contribution in [3.8, 4) is 28.2 Å². The molecule has 0 atom stereocenters. The number of hydrogen-bond acceptors (Lipinski definition) is 4. The zero-order valence-electron chi connectivity index (χ0n) is 19.0. The van der Waals surface area contributed by atoms with Crippen LogP contribution in [0, 0.1) is 6.92 Å². The largest absolute Gasteiger partial charge is 0.383 e. The lowest BCUT2D eigenvalue weighted by Gasteiger charge is -2.07. The fourth-order valence-corrected chi connectivity index (χ4v) is 4.45. The van der Waals surface area contributed by atoms with Crippen LogP contribution in [-0.2, 0) is 13.1 Å². The van der Waals surface area contributed by atoms with Crippen molar-refractivity contribution in [3.63, 3.8) is 0 Å². The molecule has 0 saturated carbocycles. The first-order valence-corrected chi connectivity index (χ1v) is 11.1. The van der Waals surface area contributed by atoms with Gasteiger partial charge in [0.1, 0.15) is 11.5 Å². The van der Waals surface area contributed by atoms with E-state index < -0.39 is 0 Å². The molecule has 3 aromatic heterocycles. The summed E-state index contributed by atoms with van der Waals surface area (Å²) < 4.78 is 5.28. The summed E-state index contributed by atoms with van der Waals surface area (Å²) in [6.45, 7) is 7.25. The number of aromatic nitrogens is 5. The van der Waals surface area contributed by atoms with Gasteiger partial charge in [-0.15, -0.1) is 0 Å². The first-order valence-electron chi connectivity index (χ1n) is 11.1. The fraction of sp³-hybridized carbons (Fsp3) is 0.192. The number of pyridine rings is 1. The molecule has 3 heterocycles. The van der Waals surface area contributed by atoms with Gasteiger partial charge in [0.25, 0.3) is 0 Å². The van der Waals surface area contributed by atoms with Crippen molar-refractivity contribution in [2.75, 3.05) is 5.73 Å². The third-order valence-corrected chi connectivity index (χ3v) is 6.02. The number of benzene rings is 2. The maximum absolute atomic E-state index is 12.9. The van der Waals surface area contributed by atoms with E-state index >= 15 is 0 Å². The highest BCUT2D eigenvalue weighted by atomic mass is 16.1. The molecule has 0 unspecified atom stereocenters. The Kier molecular flexibility index (Phi) is 5.09. The maximum atomic E-state index is 12.9. The molecule has 2 N–H and O–H groups in total. The van der Waals surface area contributed by atoms with E-state index in [-0.39, 0.29) is 5.69 Å². The number of aryl methyl sites for hydroxylation is 3. The van der Waals surface area contributed by atoms with Crippen LogP contribution in [0.4, 0.5) is 5.82 Å². The first kappa shape index (κ1) is 20.8. The average molecular weight is 439 g/mol. The van der Waals surface area contributed by atoms with Gasteiger partial charge in [-0.3, -0.25) is 9.13 Å². The highest BCUT2D eigenvalue weighted by molar-refractivity contribution is 5.92. The Labute approximate surface area is 191 Å². The van der Waals surface area contributed by atoms with Gasteiger partial charge in [-0.25, -0.2) is 9.78 Å². The monoisotopic (exact) mass is 438 g/mol. The topological polar surface area (TPSA) is 83.7 Å². The van der Waals surface area contributed by atoms with E-state index in [0.717, 1.165) is 39.0 Å². The minimum atomic E-state index is 0.00297. The Morgan fingerprint density at radius 2 is 1.67 bits per heavy atom. The van der Waals surface area contributed by atoms with Gasteiger partial charge in [0, 0.05) is 24.8 Å². The van der Waals surface area contributed by atoms with Crippen LogP contribution >= 0.6 is 0 Å². The van der Waals surface area contributed by atoms with E-state index in [2.05, 4.69) is 24.0 Å².